The molecule has 4 rings (SSSR count). The molecule has 1 heterocycles. The second kappa shape index (κ2) is 4.93. The van der Waals surface area contributed by atoms with Crippen molar-refractivity contribution in [3.63, 3.8) is 0 Å². The first kappa shape index (κ1) is 16.7. The Bertz CT molecular complexity index is 753. The highest BCUT2D eigenvalue weighted by atomic mass is 16.5. The lowest BCUT2D eigenvalue weighted by molar-refractivity contribution is -0.143. The molecule has 4 atom stereocenters. The van der Waals surface area contributed by atoms with Gasteiger partial charge in [-0.1, -0.05) is 27.2 Å². The van der Waals surface area contributed by atoms with Crippen molar-refractivity contribution >= 4 is 5.78 Å². The van der Waals surface area contributed by atoms with Gasteiger partial charge in [0.15, 0.2) is 17.3 Å². The molecule has 1 aromatic rings. The van der Waals surface area contributed by atoms with E-state index < -0.39 is 5.60 Å². The summed E-state index contributed by atoms with van der Waals surface area (Å²) >= 11 is 0. The Morgan fingerprint density at radius 1 is 1.04 bits per heavy atom. The molecule has 0 radical (unpaired) electrons. The molecule has 2 fully saturated rings. The van der Waals surface area contributed by atoms with Crippen LogP contribution in [0.5, 0.6) is 17.2 Å². The quantitative estimate of drug-likeness (QED) is 0.671. The third kappa shape index (κ3) is 2.15. The first-order valence-corrected chi connectivity index (χ1v) is 9.38. The molecule has 2 saturated carbocycles. The van der Waals surface area contributed by atoms with Crippen molar-refractivity contribution in [1.82, 2.24) is 0 Å². The highest BCUT2D eigenvalue weighted by Gasteiger charge is 2.63. The van der Waals surface area contributed by atoms with Crippen molar-refractivity contribution in [2.45, 2.75) is 65.4 Å². The molecule has 1 aromatic carbocycles. The molecule has 0 spiro atoms. The van der Waals surface area contributed by atoms with Crippen molar-refractivity contribution in [2.75, 3.05) is 0 Å². The second-order valence-electron chi connectivity index (χ2n) is 9.49. The van der Waals surface area contributed by atoms with Crippen molar-refractivity contribution in [3.05, 3.63) is 17.7 Å². The van der Waals surface area contributed by atoms with Crippen LogP contribution in [0.3, 0.4) is 0 Å². The first-order valence-electron chi connectivity index (χ1n) is 9.38. The van der Waals surface area contributed by atoms with Gasteiger partial charge in [0.1, 0.15) is 11.4 Å². The van der Waals surface area contributed by atoms with Gasteiger partial charge in [-0.05, 0) is 55.4 Å². The molecule has 25 heavy (non-hydrogen) atoms. The fraction of sp³-hybridized carbons (Fsp3) is 0.667. The third-order valence-electron chi connectivity index (χ3n) is 7.42. The summed E-state index contributed by atoms with van der Waals surface area (Å²) in [6.45, 7) is 8.99. The summed E-state index contributed by atoms with van der Waals surface area (Å²) in [7, 11) is 0. The van der Waals surface area contributed by atoms with Crippen molar-refractivity contribution in [3.8, 4) is 17.2 Å². The van der Waals surface area contributed by atoms with Crippen LogP contribution in [-0.2, 0) is 0 Å². The van der Waals surface area contributed by atoms with Crippen LogP contribution in [0, 0.1) is 22.7 Å². The predicted octanol–water partition coefficient (Wildman–Crippen LogP) is 4.67. The van der Waals surface area contributed by atoms with Crippen LogP contribution in [-0.4, -0.2) is 21.6 Å². The maximum absolute atomic E-state index is 13.5. The average Bonchev–Trinajstić information content (AvgIpc) is 2.48. The van der Waals surface area contributed by atoms with Gasteiger partial charge >= 0.3 is 0 Å². The third-order valence-corrected chi connectivity index (χ3v) is 7.42. The van der Waals surface area contributed by atoms with Crippen molar-refractivity contribution in [1.29, 1.82) is 0 Å². The van der Waals surface area contributed by atoms with Gasteiger partial charge in [-0.15, -0.1) is 0 Å². The summed E-state index contributed by atoms with van der Waals surface area (Å²) in [5, 5.41) is 19.7. The smallest absolute Gasteiger partial charge is 0.174 e. The topological polar surface area (TPSA) is 66.8 Å². The molecule has 0 bridgehead atoms. The molecule has 1 aliphatic heterocycles. The molecule has 2 unspecified atom stereocenters. The maximum Gasteiger partial charge on any atom is 0.174 e. The number of Topliss-reactive ketones (excluding diaryl/α,β-unsaturated/α-hetero) is 1. The minimum atomic E-state index is -0.549. The summed E-state index contributed by atoms with van der Waals surface area (Å²) in [6, 6.07) is 2.75. The fourth-order valence-corrected chi connectivity index (χ4v) is 6.43. The van der Waals surface area contributed by atoms with Crippen LogP contribution in [0.2, 0.25) is 0 Å². The highest BCUT2D eigenvalue weighted by Crippen LogP contribution is 2.64. The lowest BCUT2D eigenvalue weighted by Gasteiger charge is -2.62. The van der Waals surface area contributed by atoms with Crippen LogP contribution in [0.4, 0.5) is 0 Å². The van der Waals surface area contributed by atoms with E-state index in [0.717, 1.165) is 25.7 Å². The van der Waals surface area contributed by atoms with Gasteiger partial charge in [-0.3, -0.25) is 4.79 Å². The summed E-state index contributed by atoms with van der Waals surface area (Å²) in [5.41, 5.74) is -0.0159. The normalized spacial score (nSPS) is 39.0. The van der Waals surface area contributed by atoms with Crippen LogP contribution in [0.1, 0.15) is 70.2 Å². The SMILES string of the molecule is CC1(C)CCC[C@@]2(C)C1CC[C@@]1(C)Oc3cc(O)c(O)cc3C(=O)C21. The van der Waals surface area contributed by atoms with E-state index in [1.165, 1.54) is 18.6 Å². The van der Waals surface area contributed by atoms with E-state index in [2.05, 4.69) is 20.8 Å². The second-order valence-corrected chi connectivity index (χ2v) is 9.49. The van der Waals surface area contributed by atoms with Crippen LogP contribution >= 0.6 is 0 Å². The zero-order valence-electron chi connectivity index (χ0n) is 15.6. The number of aromatic hydroxyl groups is 2. The van der Waals surface area contributed by atoms with E-state index in [4.69, 9.17) is 4.74 Å². The Morgan fingerprint density at radius 3 is 2.44 bits per heavy atom. The van der Waals surface area contributed by atoms with Crippen LogP contribution in [0.15, 0.2) is 12.1 Å². The van der Waals surface area contributed by atoms with Gasteiger partial charge in [-0.25, -0.2) is 0 Å². The summed E-state index contributed by atoms with van der Waals surface area (Å²) in [5.74, 6) is 0.231. The van der Waals surface area contributed by atoms with Crippen LogP contribution < -0.4 is 4.74 Å². The van der Waals surface area contributed by atoms with Gasteiger partial charge in [0, 0.05) is 6.07 Å². The number of fused-ring (bicyclic) bond motifs is 4. The number of ether oxygens (including phenoxy) is 1. The molecule has 4 heteroatoms. The van der Waals surface area contributed by atoms with E-state index in [1.54, 1.807) is 0 Å². The number of phenolic OH excluding ortho intramolecular Hbond substituents is 2. The Hall–Kier alpha value is -1.71. The molecule has 4 nitrogen and oxygen atoms in total. The first-order chi connectivity index (χ1) is 11.6. The molecule has 2 aliphatic carbocycles. The Kier molecular flexibility index (Phi) is 3.30. The number of benzene rings is 1. The van der Waals surface area contributed by atoms with Gasteiger partial charge < -0.3 is 14.9 Å². The number of hydrogen-bond acceptors (Lipinski definition) is 4. The van der Waals surface area contributed by atoms with Crippen molar-refractivity contribution in [2.24, 2.45) is 22.7 Å². The van der Waals surface area contributed by atoms with Gasteiger partial charge in [0.2, 0.25) is 0 Å². The number of rotatable bonds is 0. The van der Waals surface area contributed by atoms with E-state index in [1.807, 2.05) is 6.92 Å². The summed E-state index contributed by atoms with van der Waals surface area (Å²) in [4.78, 5) is 13.5. The predicted molar refractivity (Wildman–Crippen MR) is 95.1 cm³/mol. The molecule has 0 saturated heterocycles. The molecule has 0 aromatic heterocycles. The lowest BCUT2D eigenvalue weighted by atomic mass is 9.44. The van der Waals surface area contributed by atoms with E-state index in [0.29, 0.717) is 17.2 Å². The van der Waals surface area contributed by atoms with Gasteiger partial charge in [-0.2, -0.15) is 0 Å². The minimum absolute atomic E-state index is 0.0592. The molecule has 136 valence electrons. The standard InChI is InChI=1S/C21H28O4/c1-19(2)7-5-8-20(3)16(19)6-9-21(4)18(20)17(24)12-10-13(22)14(23)11-15(12)25-21/h10-11,16,18,22-23H,5-9H2,1-4H3/t16?,18?,20-,21+/m0/s1. The van der Waals surface area contributed by atoms with Crippen molar-refractivity contribution < 1.29 is 19.7 Å². The molecular weight excluding hydrogens is 316 g/mol. The Labute approximate surface area is 149 Å². The number of hydrogen-bond donors (Lipinski definition) is 2. The number of phenols is 2. The summed E-state index contributed by atoms with van der Waals surface area (Å²) in [6.07, 6.45) is 5.28. The molecule has 2 N–H and O–H groups in total. The van der Waals surface area contributed by atoms with E-state index >= 15 is 0 Å². The number of ketones is 1. The van der Waals surface area contributed by atoms with Crippen LogP contribution in [0.25, 0.3) is 0 Å². The zero-order chi connectivity index (χ0) is 18.2. The monoisotopic (exact) mass is 344 g/mol. The highest BCUT2D eigenvalue weighted by molar-refractivity contribution is 6.03. The fourth-order valence-electron chi connectivity index (χ4n) is 6.43. The Balaban J connectivity index is 1.86. The maximum atomic E-state index is 13.5. The Morgan fingerprint density at radius 2 is 1.72 bits per heavy atom. The summed E-state index contributed by atoms with van der Waals surface area (Å²) < 4.78 is 6.32. The lowest BCUT2D eigenvalue weighted by Crippen LogP contribution is -2.63. The molecule has 0 amide bonds. The van der Waals surface area contributed by atoms with Gasteiger partial charge in [0.05, 0.1) is 11.5 Å². The largest absolute Gasteiger partial charge is 0.504 e. The minimum Gasteiger partial charge on any atom is -0.504 e. The van der Waals surface area contributed by atoms with E-state index in [-0.39, 0.29) is 34.0 Å². The number of carbonyl (C=O) groups excluding carboxylic acids is 1. The van der Waals surface area contributed by atoms with E-state index in [9.17, 15) is 15.0 Å². The average molecular weight is 344 g/mol. The van der Waals surface area contributed by atoms with Gasteiger partial charge in [0.25, 0.3) is 0 Å². The zero-order valence-corrected chi connectivity index (χ0v) is 15.6. The molecule has 3 aliphatic rings. The molecular formula is C21H28O4. The number of carbonyl (C=O) groups is 1.